The molecule has 0 fully saturated rings. The monoisotopic (exact) mass is 165 g/mol. The largest absolute Gasteiger partial charge is 0.374 e. The quantitative estimate of drug-likeness (QED) is 0.410. The molecule has 1 heterocycles. The predicted molar refractivity (Wildman–Crippen MR) is 48.0 cm³/mol. The zero-order chi connectivity index (χ0) is 8.81. The van der Waals surface area contributed by atoms with Gasteiger partial charge in [-0.15, -0.1) is 0 Å². The van der Waals surface area contributed by atoms with Crippen LogP contribution in [-0.2, 0) is 0 Å². The fraction of sp³-hybridized carbons (Fsp3) is 0.250. The van der Waals surface area contributed by atoms with Crippen LogP contribution in [-0.4, -0.2) is 23.0 Å². The molecule has 4 heteroatoms. The molecule has 0 amide bonds. The van der Waals surface area contributed by atoms with Gasteiger partial charge in [-0.05, 0) is 19.1 Å². The lowest BCUT2D eigenvalue weighted by molar-refractivity contribution is 0.292. The Balaban J connectivity index is 2.80. The van der Waals surface area contributed by atoms with Crippen molar-refractivity contribution in [1.29, 1.82) is 0 Å². The van der Waals surface area contributed by atoms with Crippen LogP contribution in [0.4, 0.5) is 5.82 Å². The van der Waals surface area contributed by atoms with Gasteiger partial charge < -0.3 is 5.11 Å². The number of aliphatic hydroxyl groups is 1. The van der Waals surface area contributed by atoms with Crippen molar-refractivity contribution < 1.29 is 5.11 Å². The van der Waals surface area contributed by atoms with E-state index >= 15 is 0 Å². The molecule has 1 rings (SSSR count). The van der Waals surface area contributed by atoms with Crippen LogP contribution < -0.4 is 5.01 Å². The van der Waals surface area contributed by atoms with E-state index in [1.54, 1.807) is 25.4 Å². The molecule has 0 unspecified atom stereocenters. The minimum Gasteiger partial charge on any atom is -0.374 e. The van der Waals surface area contributed by atoms with Gasteiger partial charge in [0.15, 0.2) is 5.82 Å². The van der Waals surface area contributed by atoms with E-state index < -0.39 is 0 Å². The lowest BCUT2D eigenvalue weighted by atomic mass is 10.5. The maximum atomic E-state index is 8.88. The highest BCUT2D eigenvalue weighted by Crippen LogP contribution is 2.07. The highest BCUT2D eigenvalue weighted by Gasteiger charge is 2.00. The Morgan fingerprint density at radius 3 is 3.00 bits per heavy atom. The molecule has 0 aliphatic heterocycles. The summed E-state index contributed by atoms with van der Waals surface area (Å²) in [6, 6.07) is 5.44. The van der Waals surface area contributed by atoms with Gasteiger partial charge in [0.25, 0.3) is 0 Å². The molecule has 0 aromatic carbocycles. The molecule has 1 aromatic rings. The molecule has 1 N–H and O–H groups in total. The van der Waals surface area contributed by atoms with E-state index in [0.717, 1.165) is 0 Å². The second-order valence-corrected chi connectivity index (χ2v) is 2.10. The first-order valence-electron chi connectivity index (χ1n) is 3.66. The summed E-state index contributed by atoms with van der Waals surface area (Å²) in [5, 5.41) is 14.2. The first-order valence-corrected chi connectivity index (χ1v) is 3.66. The number of rotatable bonds is 3. The number of nitrogens with zero attached hydrogens (tertiary/aromatic N) is 3. The minimum absolute atomic E-state index is 0.165. The number of hydrogen-bond donors (Lipinski definition) is 1. The maximum Gasteiger partial charge on any atom is 0.151 e. The van der Waals surface area contributed by atoms with Crippen molar-refractivity contribution in [2.45, 2.75) is 6.92 Å². The maximum absolute atomic E-state index is 8.88. The normalized spacial score (nSPS) is 10.5. The summed E-state index contributed by atoms with van der Waals surface area (Å²) in [5.41, 5.74) is 0. The molecule has 0 aliphatic rings. The Kier molecular flexibility index (Phi) is 3.22. The number of aromatic nitrogens is 1. The second-order valence-electron chi connectivity index (χ2n) is 2.10. The van der Waals surface area contributed by atoms with E-state index in [0.29, 0.717) is 5.82 Å². The summed E-state index contributed by atoms with van der Waals surface area (Å²) in [4.78, 5) is 4.02. The molecule has 0 spiro atoms. The molecule has 0 aliphatic carbocycles. The summed E-state index contributed by atoms with van der Waals surface area (Å²) >= 11 is 0. The minimum atomic E-state index is -0.165. The van der Waals surface area contributed by atoms with Crippen molar-refractivity contribution in [3.05, 3.63) is 24.4 Å². The van der Waals surface area contributed by atoms with Crippen LogP contribution in [0.2, 0.25) is 0 Å². The van der Waals surface area contributed by atoms with Crippen LogP contribution in [0, 0.1) is 0 Å². The van der Waals surface area contributed by atoms with Crippen molar-refractivity contribution >= 4 is 12.0 Å². The van der Waals surface area contributed by atoms with E-state index in [1.807, 2.05) is 12.1 Å². The van der Waals surface area contributed by atoms with Gasteiger partial charge in [-0.2, -0.15) is 5.10 Å². The van der Waals surface area contributed by atoms with Gasteiger partial charge in [0.1, 0.15) is 6.73 Å². The molecule has 64 valence electrons. The molecular formula is C8H11N3O. The van der Waals surface area contributed by atoms with E-state index in [1.165, 1.54) is 5.01 Å². The molecule has 0 atom stereocenters. The Bertz CT molecular complexity index is 248. The van der Waals surface area contributed by atoms with Crippen LogP contribution in [0.15, 0.2) is 29.5 Å². The number of pyridine rings is 1. The Hall–Kier alpha value is -1.42. The zero-order valence-corrected chi connectivity index (χ0v) is 6.88. The molecule has 1 aromatic heterocycles. The molecule has 0 saturated carbocycles. The summed E-state index contributed by atoms with van der Waals surface area (Å²) in [6.45, 7) is 1.62. The lowest BCUT2D eigenvalue weighted by Gasteiger charge is -2.13. The van der Waals surface area contributed by atoms with Gasteiger partial charge in [-0.25, -0.2) is 9.99 Å². The van der Waals surface area contributed by atoms with Crippen LogP contribution >= 0.6 is 0 Å². The Morgan fingerprint density at radius 1 is 1.67 bits per heavy atom. The van der Waals surface area contributed by atoms with Crippen molar-refractivity contribution in [1.82, 2.24) is 4.98 Å². The summed E-state index contributed by atoms with van der Waals surface area (Å²) in [7, 11) is 0. The number of anilines is 1. The standard InChI is InChI=1S/C8H11N3O/c1-2-10-11(7-12)8-5-3-4-6-9-8/h2-6,12H,7H2,1H3/b10-2-. The van der Waals surface area contributed by atoms with Crippen molar-refractivity contribution in [3.8, 4) is 0 Å². The van der Waals surface area contributed by atoms with Crippen LogP contribution in [0.5, 0.6) is 0 Å². The summed E-state index contributed by atoms with van der Waals surface area (Å²) in [6.07, 6.45) is 3.26. The number of hydrazone groups is 1. The van der Waals surface area contributed by atoms with Gasteiger partial charge in [0.2, 0.25) is 0 Å². The third kappa shape index (κ3) is 2.03. The summed E-state index contributed by atoms with van der Waals surface area (Å²) in [5.74, 6) is 0.637. The topological polar surface area (TPSA) is 48.7 Å². The number of hydrogen-bond acceptors (Lipinski definition) is 4. The van der Waals surface area contributed by atoms with Crippen LogP contribution in [0.3, 0.4) is 0 Å². The predicted octanol–water partition coefficient (Wildman–Crippen LogP) is 0.843. The second kappa shape index (κ2) is 4.46. The number of aliphatic hydroxyl groups excluding tert-OH is 1. The van der Waals surface area contributed by atoms with E-state index in [4.69, 9.17) is 5.11 Å². The fourth-order valence-corrected chi connectivity index (χ4v) is 0.814. The first kappa shape index (κ1) is 8.67. The highest BCUT2D eigenvalue weighted by molar-refractivity contribution is 5.55. The van der Waals surface area contributed by atoms with Gasteiger partial charge in [0.05, 0.1) is 0 Å². The molecule has 0 radical (unpaired) electrons. The smallest absolute Gasteiger partial charge is 0.151 e. The van der Waals surface area contributed by atoms with Crippen molar-refractivity contribution in [3.63, 3.8) is 0 Å². The van der Waals surface area contributed by atoms with Gasteiger partial charge in [-0.1, -0.05) is 6.07 Å². The molecule has 0 saturated heterocycles. The third-order valence-corrected chi connectivity index (χ3v) is 1.30. The Morgan fingerprint density at radius 2 is 2.50 bits per heavy atom. The van der Waals surface area contributed by atoms with Crippen molar-refractivity contribution in [2.75, 3.05) is 11.7 Å². The first-order chi connectivity index (χ1) is 5.88. The van der Waals surface area contributed by atoms with Gasteiger partial charge >= 0.3 is 0 Å². The lowest BCUT2D eigenvalue weighted by Crippen LogP contribution is -2.18. The molecular weight excluding hydrogens is 154 g/mol. The van der Waals surface area contributed by atoms with Crippen LogP contribution in [0.25, 0.3) is 0 Å². The van der Waals surface area contributed by atoms with Crippen LogP contribution in [0.1, 0.15) is 6.92 Å². The average Bonchev–Trinajstić information content (AvgIpc) is 2.15. The Labute approximate surface area is 71.2 Å². The van der Waals surface area contributed by atoms with Gasteiger partial charge in [-0.3, -0.25) is 0 Å². The van der Waals surface area contributed by atoms with E-state index in [9.17, 15) is 0 Å². The summed E-state index contributed by atoms with van der Waals surface area (Å²) < 4.78 is 0. The highest BCUT2D eigenvalue weighted by atomic mass is 16.3. The zero-order valence-electron chi connectivity index (χ0n) is 6.88. The van der Waals surface area contributed by atoms with E-state index in [-0.39, 0.29) is 6.73 Å². The van der Waals surface area contributed by atoms with E-state index in [2.05, 4.69) is 10.1 Å². The SMILES string of the molecule is C/C=N\N(CO)c1ccccn1. The fourth-order valence-electron chi connectivity index (χ4n) is 0.814. The molecule has 4 nitrogen and oxygen atoms in total. The molecule has 0 bridgehead atoms. The average molecular weight is 165 g/mol. The van der Waals surface area contributed by atoms with Gasteiger partial charge in [0, 0.05) is 12.4 Å². The third-order valence-electron chi connectivity index (χ3n) is 1.30. The molecule has 12 heavy (non-hydrogen) atoms. The van der Waals surface area contributed by atoms with Crippen molar-refractivity contribution in [2.24, 2.45) is 5.10 Å².